The number of para-hydroxylation sites is 1. The zero-order valence-corrected chi connectivity index (χ0v) is 15.2. The summed E-state index contributed by atoms with van der Waals surface area (Å²) < 4.78 is 1.73. The molecule has 2 aliphatic rings. The Morgan fingerprint density at radius 3 is 2.89 bits per heavy atom. The number of rotatable bonds is 1. The van der Waals surface area contributed by atoms with Gasteiger partial charge < -0.3 is 11.1 Å². The van der Waals surface area contributed by atoms with Crippen molar-refractivity contribution in [1.29, 1.82) is 0 Å². The largest absolute Gasteiger partial charge is 0.366 e. The fourth-order valence-corrected chi connectivity index (χ4v) is 4.27. The first-order valence-corrected chi connectivity index (χ1v) is 9.02. The smallest absolute Gasteiger partial charge is 0.241 e. The lowest BCUT2D eigenvalue weighted by Crippen LogP contribution is -2.36. The molecular formula is C20H20N6O. The third kappa shape index (κ3) is 2.42. The van der Waals surface area contributed by atoms with Crippen molar-refractivity contribution in [2.75, 3.05) is 11.1 Å². The number of fused-ring (bicyclic) bond motifs is 2. The molecule has 0 spiro atoms. The third-order valence-corrected chi connectivity index (χ3v) is 5.33. The lowest BCUT2D eigenvalue weighted by atomic mass is 9.73. The predicted molar refractivity (Wildman–Crippen MR) is 103 cm³/mol. The van der Waals surface area contributed by atoms with E-state index in [9.17, 15) is 4.79 Å². The number of nitrogen functional groups attached to an aromatic ring is 1. The molecule has 7 nitrogen and oxygen atoms in total. The van der Waals surface area contributed by atoms with Crippen molar-refractivity contribution in [2.24, 2.45) is 5.41 Å². The molecule has 0 bridgehead atoms. The topological polar surface area (TPSA) is 98.7 Å². The van der Waals surface area contributed by atoms with Crippen LogP contribution in [0.4, 0.5) is 11.9 Å². The fraction of sp³-hybridized carbons (Fsp3) is 0.300. The van der Waals surface area contributed by atoms with Crippen LogP contribution >= 0.6 is 0 Å². The van der Waals surface area contributed by atoms with Crippen molar-refractivity contribution in [2.45, 2.75) is 32.7 Å². The first-order chi connectivity index (χ1) is 12.9. The van der Waals surface area contributed by atoms with Gasteiger partial charge in [-0.1, -0.05) is 32.0 Å². The molecule has 136 valence electrons. The molecule has 0 saturated carbocycles. The summed E-state index contributed by atoms with van der Waals surface area (Å²) in [6.07, 6.45) is 3.06. The highest BCUT2D eigenvalue weighted by Gasteiger charge is 2.42. The van der Waals surface area contributed by atoms with Gasteiger partial charge in [0.05, 0.1) is 5.52 Å². The molecule has 1 atom stereocenters. The van der Waals surface area contributed by atoms with Gasteiger partial charge in [-0.25, -0.2) is 4.68 Å². The number of Topliss-reactive ketones (excluding diaryl/α,β-unsaturated/α-hetero) is 1. The van der Waals surface area contributed by atoms with Gasteiger partial charge in [0, 0.05) is 29.3 Å². The highest BCUT2D eigenvalue weighted by Crippen LogP contribution is 2.46. The minimum Gasteiger partial charge on any atom is -0.366 e. The van der Waals surface area contributed by atoms with E-state index < -0.39 is 0 Å². The van der Waals surface area contributed by atoms with E-state index in [4.69, 9.17) is 5.73 Å². The maximum absolute atomic E-state index is 13.2. The van der Waals surface area contributed by atoms with Gasteiger partial charge in [-0.2, -0.15) is 4.98 Å². The van der Waals surface area contributed by atoms with Gasteiger partial charge in [-0.15, -0.1) is 5.10 Å². The highest BCUT2D eigenvalue weighted by molar-refractivity contribution is 6.01. The summed E-state index contributed by atoms with van der Waals surface area (Å²) >= 11 is 0. The van der Waals surface area contributed by atoms with E-state index in [-0.39, 0.29) is 23.2 Å². The number of nitrogens with two attached hydrogens (primary N) is 1. The number of benzene rings is 1. The first kappa shape index (κ1) is 16.0. The van der Waals surface area contributed by atoms with E-state index in [1.165, 1.54) is 0 Å². The molecule has 27 heavy (non-hydrogen) atoms. The molecule has 3 aromatic rings. The Hall–Kier alpha value is -3.22. The van der Waals surface area contributed by atoms with Crippen LogP contribution in [0.25, 0.3) is 10.9 Å². The van der Waals surface area contributed by atoms with Gasteiger partial charge in [-0.3, -0.25) is 9.78 Å². The molecule has 0 fully saturated rings. The van der Waals surface area contributed by atoms with Crippen molar-refractivity contribution in [3.8, 4) is 0 Å². The second kappa shape index (κ2) is 5.39. The number of hydrogen-bond acceptors (Lipinski definition) is 6. The van der Waals surface area contributed by atoms with Crippen molar-refractivity contribution >= 4 is 28.6 Å². The highest BCUT2D eigenvalue weighted by atomic mass is 16.1. The average Bonchev–Trinajstić information content (AvgIpc) is 2.98. The Bertz CT molecular complexity index is 1120. The van der Waals surface area contributed by atoms with Crippen LogP contribution in [0.2, 0.25) is 0 Å². The van der Waals surface area contributed by atoms with Gasteiger partial charge in [-0.05, 0) is 29.5 Å². The molecule has 0 saturated heterocycles. The van der Waals surface area contributed by atoms with Crippen LogP contribution in [0.15, 0.2) is 47.8 Å². The molecule has 7 heteroatoms. The summed E-state index contributed by atoms with van der Waals surface area (Å²) in [6.45, 7) is 4.22. The third-order valence-electron chi connectivity index (χ3n) is 5.33. The number of hydrogen-bond donors (Lipinski definition) is 2. The van der Waals surface area contributed by atoms with Crippen LogP contribution in [0.1, 0.15) is 38.3 Å². The van der Waals surface area contributed by atoms with Crippen molar-refractivity contribution in [3.05, 3.63) is 53.4 Å². The number of allylic oxidation sites excluding steroid dienone is 2. The molecule has 3 heterocycles. The van der Waals surface area contributed by atoms with Crippen LogP contribution in [0.3, 0.4) is 0 Å². The molecule has 1 aliphatic heterocycles. The minimum absolute atomic E-state index is 0.0957. The van der Waals surface area contributed by atoms with E-state index in [2.05, 4.69) is 34.2 Å². The number of anilines is 2. The van der Waals surface area contributed by atoms with Gasteiger partial charge in [0.1, 0.15) is 6.04 Å². The standard InChI is InChI=1S/C20H20N6O/c1-20(2)9-14-16(15(27)10-20)17(26-19(23-14)24-18(21)25-26)12-7-8-22-13-6-4-3-5-11(12)13/h3-8,17H,9-10H2,1-2H3,(H3,21,23,24,25). The zero-order valence-electron chi connectivity index (χ0n) is 15.2. The van der Waals surface area contributed by atoms with Crippen LogP contribution < -0.4 is 11.1 Å². The summed E-state index contributed by atoms with van der Waals surface area (Å²) in [4.78, 5) is 22.0. The Balaban J connectivity index is 1.80. The number of aromatic nitrogens is 4. The molecule has 0 radical (unpaired) electrons. The van der Waals surface area contributed by atoms with E-state index >= 15 is 0 Å². The van der Waals surface area contributed by atoms with E-state index in [0.717, 1.165) is 34.2 Å². The van der Waals surface area contributed by atoms with Crippen molar-refractivity contribution < 1.29 is 4.79 Å². The van der Waals surface area contributed by atoms with Crippen molar-refractivity contribution in [3.63, 3.8) is 0 Å². The molecule has 5 rings (SSSR count). The number of nitrogens with one attached hydrogen (secondary N) is 1. The van der Waals surface area contributed by atoms with Crippen LogP contribution in [-0.4, -0.2) is 25.5 Å². The average molecular weight is 360 g/mol. The molecule has 1 aliphatic carbocycles. The number of ketones is 1. The lowest BCUT2D eigenvalue weighted by molar-refractivity contribution is -0.118. The monoisotopic (exact) mass is 360 g/mol. The number of carbonyl (C=O) groups excluding carboxylic acids is 1. The Labute approximate surface area is 156 Å². The van der Waals surface area contributed by atoms with Gasteiger partial charge in [0.15, 0.2) is 5.78 Å². The second-order valence-electron chi connectivity index (χ2n) is 8.02. The molecule has 3 N–H and O–H groups in total. The van der Waals surface area contributed by atoms with Crippen LogP contribution in [0.5, 0.6) is 0 Å². The maximum Gasteiger partial charge on any atom is 0.241 e. The van der Waals surface area contributed by atoms with Gasteiger partial charge >= 0.3 is 0 Å². The van der Waals surface area contributed by atoms with E-state index in [1.54, 1.807) is 10.9 Å². The van der Waals surface area contributed by atoms with E-state index in [1.807, 2.05) is 30.3 Å². The second-order valence-corrected chi connectivity index (χ2v) is 8.02. The van der Waals surface area contributed by atoms with Gasteiger partial charge in [0.2, 0.25) is 11.9 Å². The molecule has 0 amide bonds. The summed E-state index contributed by atoms with van der Waals surface area (Å²) in [5, 5.41) is 8.69. The molecule has 2 aromatic heterocycles. The van der Waals surface area contributed by atoms with Crippen LogP contribution in [-0.2, 0) is 4.79 Å². The number of nitrogens with zero attached hydrogens (tertiary/aromatic N) is 4. The van der Waals surface area contributed by atoms with Gasteiger partial charge in [0.25, 0.3) is 0 Å². The zero-order chi connectivity index (χ0) is 18.8. The maximum atomic E-state index is 13.2. The molecule has 1 unspecified atom stereocenters. The summed E-state index contributed by atoms with van der Waals surface area (Å²) in [5.41, 5.74) is 9.33. The molecule has 1 aromatic carbocycles. The van der Waals surface area contributed by atoms with Crippen molar-refractivity contribution in [1.82, 2.24) is 19.7 Å². The Morgan fingerprint density at radius 2 is 2.04 bits per heavy atom. The molecular weight excluding hydrogens is 340 g/mol. The summed E-state index contributed by atoms with van der Waals surface area (Å²) in [5.74, 6) is 0.898. The Kier molecular flexibility index (Phi) is 3.19. The van der Waals surface area contributed by atoms with Crippen LogP contribution in [0, 0.1) is 5.41 Å². The fourth-order valence-electron chi connectivity index (χ4n) is 4.27. The van der Waals surface area contributed by atoms with E-state index in [0.29, 0.717) is 12.4 Å². The predicted octanol–water partition coefficient (Wildman–Crippen LogP) is 3.07. The first-order valence-electron chi connectivity index (χ1n) is 9.02. The number of pyridine rings is 1. The summed E-state index contributed by atoms with van der Waals surface area (Å²) in [6, 6.07) is 9.52. The Morgan fingerprint density at radius 1 is 1.22 bits per heavy atom. The summed E-state index contributed by atoms with van der Waals surface area (Å²) in [7, 11) is 0. The normalized spacial score (nSPS) is 21.0. The minimum atomic E-state index is -0.363. The lowest BCUT2D eigenvalue weighted by Gasteiger charge is -2.38. The SMILES string of the molecule is CC1(C)CC(=O)C2=C(C1)Nc1nc(N)nn1C2c1ccnc2ccccc12. The number of carbonyl (C=O) groups is 1. The quantitative estimate of drug-likeness (QED) is 0.692.